The Kier molecular flexibility index (Phi) is 6.31. The van der Waals surface area contributed by atoms with Crippen molar-refractivity contribution in [2.75, 3.05) is 13.7 Å². The van der Waals surface area contributed by atoms with E-state index in [1.807, 2.05) is 12.1 Å². The molecule has 5 nitrogen and oxygen atoms in total. The molecular formula is C21H21ClN2O3S. The van der Waals surface area contributed by atoms with E-state index in [1.54, 1.807) is 41.3 Å². The van der Waals surface area contributed by atoms with Gasteiger partial charge in [-0.05, 0) is 59.7 Å². The lowest BCUT2D eigenvalue weighted by molar-refractivity contribution is -0.122. The number of aromatic hydroxyl groups is 1. The molecule has 2 aromatic carbocycles. The summed E-state index contributed by atoms with van der Waals surface area (Å²) in [6, 6.07) is 12.2. The van der Waals surface area contributed by atoms with Crippen LogP contribution in [0.4, 0.5) is 5.69 Å². The number of thioether (sulfide) groups is 1. The van der Waals surface area contributed by atoms with Crippen molar-refractivity contribution in [3.8, 4) is 11.5 Å². The monoisotopic (exact) mass is 416 g/mol. The number of hydrogen-bond acceptors (Lipinski definition) is 5. The quantitative estimate of drug-likeness (QED) is 0.670. The lowest BCUT2D eigenvalue weighted by Crippen LogP contribution is -2.32. The van der Waals surface area contributed by atoms with Gasteiger partial charge in [0.1, 0.15) is 0 Å². The minimum Gasteiger partial charge on any atom is -0.504 e. The topological polar surface area (TPSA) is 62.1 Å². The van der Waals surface area contributed by atoms with E-state index in [-0.39, 0.29) is 11.7 Å². The highest BCUT2D eigenvalue weighted by Crippen LogP contribution is 2.36. The van der Waals surface area contributed by atoms with Gasteiger partial charge in [-0.3, -0.25) is 9.69 Å². The number of rotatable bonds is 5. The van der Waals surface area contributed by atoms with Crippen LogP contribution in [0, 0.1) is 5.92 Å². The number of phenols is 1. The van der Waals surface area contributed by atoms with E-state index in [4.69, 9.17) is 16.3 Å². The largest absolute Gasteiger partial charge is 0.504 e. The molecule has 7 heteroatoms. The summed E-state index contributed by atoms with van der Waals surface area (Å²) in [7, 11) is 1.49. The van der Waals surface area contributed by atoms with Crippen molar-refractivity contribution in [1.82, 2.24) is 4.90 Å². The highest BCUT2D eigenvalue weighted by atomic mass is 35.5. The molecule has 0 atom stereocenters. The Morgan fingerprint density at radius 3 is 2.75 bits per heavy atom. The van der Waals surface area contributed by atoms with Gasteiger partial charge in [-0.25, -0.2) is 4.99 Å². The van der Waals surface area contributed by atoms with Crippen molar-refractivity contribution in [2.45, 2.75) is 13.8 Å². The van der Waals surface area contributed by atoms with Crippen LogP contribution in [0.15, 0.2) is 52.4 Å². The minimum atomic E-state index is -0.0912. The van der Waals surface area contributed by atoms with Gasteiger partial charge >= 0.3 is 0 Å². The fourth-order valence-corrected chi connectivity index (χ4v) is 3.90. The van der Waals surface area contributed by atoms with Crippen LogP contribution in [0.2, 0.25) is 5.02 Å². The number of aliphatic imine (C=N–C) groups is 1. The number of amidine groups is 1. The van der Waals surface area contributed by atoms with E-state index in [9.17, 15) is 9.90 Å². The molecule has 146 valence electrons. The molecule has 0 bridgehead atoms. The number of amides is 1. The first-order chi connectivity index (χ1) is 13.4. The van der Waals surface area contributed by atoms with Crippen molar-refractivity contribution < 1.29 is 14.6 Å². The van der Waals surface area contributed by atoms with Crippen molar-refractivity contribution in [2.24, 2.45) is 10.9 Å². The lowest BCUT2D eigenvalue weighted by atomic mass is 10.1. The molecule has 2 aromatic rings. The smallest absolute Gasteiger partial charge is 0.266 e. The second-order valence-electron chi connectivity index (χ2n) is 6.73. The summed E-state index contributed by atoms with van der Waals surface area (Å²) in [4.78, 5) is 19.9. The number of nitrogens with zero attached hydrogens (tertiary/aromatic N) is 2. The SMILES string of the molecule is COc1cc(/C=C2/SC(=Nc3cccc(Cl)c3)N(CC(C)C)C2=O)ccc1O. The van der Waals surface area contributed by atoms with Crippen LogP contribution in [-0.4, -0.2) is 34.7 Å². The first-order valence-corrected chi connectivity index (χ1v) is 9.99. The van der Waals surface area contributed by atoms with Gasteiger partial charge in [0.2, 0.25) is 0 Å². The molecule has 1 aliphatic rings. The van der Waals surface area contributed by atoms with Crippen molar-refractivity contribution >= 4 is 46.2 Å². The van der Waals surface area contributed by atoms with Crippen molar-refractivity contribution in [1.29, 1.82) is 0 Å². The Hall–Kier alpha value is -2.44. The maximum absolute atomic E-state index is 13.0. The second kappa shape index (κ2) is 8.71. The van der Waals surface area contributed by atoms with E-state index in [0.717, 1.165) is 5.56 Å². The minimum absolute atomic E-state index is 0.0553. The number of carbonyl (C=O) groups excluding carboxylic acids is 1. The van der Waals surface area contributed by atoms with Gasteiger partial charge in [0.15, 0.2) is 16.7 Å². The Morgan fingerprint density at radius 1 is 1.29 bits per heavy atom. The standard InChI is InChI=1S/C21H21ClN2O3S/c1-13(2)12-24-20(26)19(10-14-7-8-17(25)18(9-14)27-3)28-21(24)23-16-6-4-5-15(22)11-16/h4-11,13,25H,12H2,1-3H3/b19-10+,23-21?. The van der Waals surface area contributed by atoms with Gasteiger partial charge in [-0.2, -0.15) is 0 Å². The van der Waals surface area contributed by atoms with Gasteiger partial charge in [0, 0.05) is 11.6 Å². The van der Waals surface area contributed by atoms with Gasteiger partial charge < -0.3 is 9.84 Å². The number of carbonyl (C=O) groups is 1. The van der Waals surface area contributed by atoms with Crippen LogP contribution in [0.1, 0.15) is 19.4 Å². The Balaban J connectivity index is 1.97. The molecule has 0 saturated carbocycles. The molecule has 0 radical (unpaired) electrons. The molecule has 1 aliphatic heterocycles. The summed E-state index contributed by atoms with van der Waals surface area (Å²) in [6.45, 7) is 4.68. The van der Waals surface area contributed by atoms with E-state index in [0.29, 0.717) is 39.0 Å². The lowest BCUT2D eigenvalue weighted by Gasteiger charge is -2.17. The van der Waals surface area contributed by atoms with Gasteiger partial charge in [0.25, 0.3) is 5.91 Å². The summed E-state index contributed by atoms with van der Waals surface area (Å²) in [5.41, 5.74) is 1.46. The van der Waals surface area contributed by atoms with Gasteiger partial charge in [-0.15, -0.1) is 0 Å². The number of methoxy groups -OCH3 is 1. The van der Waals surface area contributed by atoms with E-state index >= 15 is 0 Å². The normalized spacial score (nSPS) is 17.2. The summed E-state index contributed by atoms with van der Waals surface area (Å²) in [5.74, 6) is 0.616. The Morgan fingerprint density at radius 2 is 2.07 bits per heavy atom. The second-order valence-corrected chi connectivity index (χ2v) is 8.17. The molecule has 0 aromatic heterocycles. The van der Waals surface area contributed by atoms with Crippen LogP contribution in [0.5, 0.6) is 11.5 Å². The van der Waals surface area contributed by atoms with Crippen molar-refractivity contribution in [3.63, 3.8) is 0 Å². The van der Waals surface area contributed by atoms with E-state index in [1.165, 1.54) is 18.9 Å². The number of hydrogen-bond donors (Lipinski definition) is 1. The zero-order valence-corrected chi connectivity index (χ0v) is 17.4. The first-order valence-electron chi connectivity index (χ1n) is 8.80. The third kappa shape index (κ3) is 4.69. The van der Waals surface area contributed by atoms with Crippen LogP contribution < -0.4 is 4.74 Å². The first kappa shape index (κ1) is 20.3. The zero-order valence-electron chi connectivity index (χ0n) is 15.8. The van der Waals surface area contributed by atoms with Crippen LogP contribution in [0.25, 0.3) is 6.08 Å². The molecule has 0 unspecified atom stereocenters. The molecule has 28 heavy (non-hydrogen) atoms. The summed E-state index contributed by atoms with van der Waals surface area (Å²) in [6.07, 6.45) is 1.78. The summed E-state index contributed by atoms with van der Waals surface area (Å²) < 4.78 is 5.14. The molecule has 0 spiro atoms. The molecule has 1 fully saturated rings. The summed E-state index contributed by atoms with van der Waals surface area (Å²) in [5, 5.41) is 11.0. The Bertz CT molecular complexity index is 956. The molecule has 1 saturated heterocycles. The van der Waals surface area contributed by atoms with Crippen LogP contribution in [-0.2, 0) is 4.79 Å². The van der Waals surface area contributed by atoms with Crippen molar-refractivity contribution in [3.05, 3.63) is 58.0 Å². The maximum Gasteiger partial charge on any atom is 0.266 e. The van der Waals surface area contributed by atoms with E-state index < -0.39 is 0 Å². The molecule has 0 aliphatic carbocycles. The maximum atomic E-state index is 13.0. The highest BCUT2D eigenvalue weighted by molar-refractivity contribution is 8.18. The van der Waals surface area contributed by atoms with Gasteiger partial charge in [-0.1, -0.05) is 37.6 Å². The highest BCUT2D eigenvalue weighted by Gasteiger charge is 2.33. The molecular weight excluding hydrogens is 396 g/mol. The zero-order chi connectivity index (χ0) is 20.3. The number of ether oxygens (including phenoxy) is 1. The predicted octanol–water partition coefficient (Wildman–Crippen LogP) is 5.31. The van der Waals surface area contributed by atoms with Crippen LogP contribution in [0.3, 0.4) is 0 Å². The molecule has 1 heterocycles. The number of halogens is 1. The van der Waals surface area contributed by atoms with Crippen LogP contribution >= 0.6 is 23.4 Å². The van der Waals surface area contributed by atoms with Gasteiger partial charge in [0.05, 0.1) is 17.7 Å². The van der Waals surface area contributed by atoms with E-state index in [2.05, 4.69) is 18.8 Å². The Labute approximate surface area is 173 Å². The molecule has 3 rings (SSSR count). The molecule has 1 N–H and O–H groups in total. The summed E-state index contributed by atoms with van der Waals surface area (Å²) >= 11 is 7.38. The fourth-order valence-electron chi connectivity index (χ4n) is 2.71. The fraction of sp³-hybridized carbons (Fsp3) is 0.238. The molecule has 1 amide bonds. The number of benzene rings is 2. The third-order valence-corrected chi connectivity index (χ3v) is 5.21. The predicted molar refractivity (Wildman–Crippen MR) is 115 cm³/mol. The average molecular weight is 417 g/mol. The third-order valence-electron chi connectivity index (χ3n) is 3.97. The number of phenolic OH excluding ortho intramolecular Hbond substituents is 1. The average Bonchev–Trinajstić information content (AvgIpc) is 2.91.